The molecule has 0 radical (unpaired) electrons. The number of hydrogen-bond acceptors (Lipinski definition) is 6. The molecule has 0 saturated carbocycles. The van der Waals surface area contributed by atoms with Crippen LogP contribution in [0.3, 0.4) is 0 Å². The van der Waals surface area contributed by atoms with Crippen molar-refractivity contribution in [1.82, 2.24) is 20.5 Å². The Labute approximate surface area is 120 Å². The highest BCUT2D eigenvalue weighted by molar-refractivity contribution is 7.11. The van der Waals surface area contributed by atoms with Crippen LogP contribution in [0.2, 0.25) is 0 Å². The van der Waals surface area contributed by atoms with Crippen molar-refractivity contribution >= 4 is 28.6 Å². The van der Waals surface area contributed by atoms with E-state index in [2.05, 4.69) is 34.3 Å². The van der Waals surface area contributed by atoms with Gasteiger partial charge in [0.25, 0.3) is 5.91 Å². The summed E-state index contributed by atoms with van der Waals surface area (Å²) in [6.45, 7) is 6.61. The van der Waals surface area contributed by atoms with Gasteiger partial charge in [0.05, 0.1) is 5.01 Å². The van der Waals surface area contributed by atoms with Crippen LogP contribution >= 0.6 is 22.7 Å². The van der Waals surface area contributed by atoms with Crippen molar-refractivity contribution in [2.75, 3.05) is 6.54 Å². The maximum absolute atomic E-state index is 11.9. The van der Waals surface area contributed by atoms with Gasteiger partial charge in [0, 0.05) is 24.3 Å². The zero-order valence-electron chi connectivity index (χ0n) is 11.1. The van der Waals surface area contributed by atoms with Gasteiger partial charge in [0.2, 0.25) is 0 Å². The molecule has 0 aliphatic heterocycles. The van der Waals surface area contributed by atoms with E-state index >= 15 is 0 Å². The van der Waals surface area contributed by atoms with Crippen LogP contribution in [0.4, 0.5) is 0 Å². The molecule has 7 heteroatoms. The summed E-state index contributed by atoms with van der Waals surface area (Å²) in [5.41, 5.74) is 0.502. The Kier molecular flexibility index (Phi) is 4.60. The second kappa shape index (κ2) is 6.21. The predicted octanol–water partition coefficient (Wildman–Crippen LogP) is 2.40. The van der Waals surface area contributed by atoms with Crippen LogP contribution in [0, 0.1) is 6.92 Å². The van der Waals surface area contributed by atoms with Crippen LogP contribution in [-0.2, 0) is 6.42 Å². The number of aromatic nitrogens is 3. The third kappa shape index (κ3) is 3.81. The third-order valence-corrected chi connectivity index (χ3v) is 4.48. The number of hydrogen-bond donors (Lipinski definition) is 1. The number of amides is 1. The van der Waals surface area contributed by atoms with E-state index < -0.39 is 0 Å². The minimum Gasteiger partial charge on any atom is -0.350 e. The average Bonchev–Trinajstić information content (AvgIpc) is 2.98. The molecule has 5 nitrogen and oxygen atoms in total. The number of carbonyl (C=O) groups excluding carboxylic acids is 1. The Morgan fingerprint density at radius 3 is 2.79 bits per heavy atom. The average molecular weight is 296 g/mol. The lowest BCUT2D eigenvalue weighted by Crippen LogP contribution is -2.26. The molecule has 0 fully saturated rings. The molecule has 0 aromatic carbocycles. The highest BCUT2D eigenvalue weighted by Crippen LogP contribution is 2.19. The van der Waals surface area contributed by atoms with E-state index in [1.165, 1.54) is 11.3 Å². The second-order valence-corrected chi connectivity index (χ2v) is 6.60. The first kappa shape index (κ1) is 14.1. The normalized spacial score (nSPS) is 10.9. The zero-order chi connectivity index (χ0) is 13.8. The van der Waals surface area contributed by atoms with Gasteiger partial charge in [0.1, 0.15) is 15.7 Å². The monoisotopic (exact) mass is 296 g/mol. The van der Waals surface area contributed by atoms with Gasteiger partial charge in [-0.25, -0.2) is 4.98 Å². The van der Waals surface area contributed by atoms with Crippen LogP contribution in [0.25, 0.3) is 0 Å². The van der Waals surface area contributed by atoms with Crippen molar-refractivity contribution in [2.45, 2.75) is 33.1 Å². The molecule has 0 saturated heterocycles. The molecule has 1 amide bonds. The number of rotatable bonds is 5. The quantitative estimate of drug-likeness (QED) is 0.920. The van der Waals surface area contributed by atoms with Gasteiger partial charge in [-0.1, -0.05) is 13.8 Å². The van der Waals surface area contributed by atoms with Crippen LogP contribution in [-0.4, -0.2) is 27.6 Å². The molecular formula is C12H16N4OS2. The van der Waals surface area contributed by atoms with Gasteiger partial charge >= 0.3 is 0 Å². The molecule has 0 bridgehead atoms. The molecule has 19 heavy (non-hydrogen) atoms. The first-order valence-corrected chi connectivity index (χ1v) is 7.78. The number of aryl methyl sites for hydroxylation is 1. The van der Waals surface area contributed by atoms with Gasteiger partial charge in [-0.15, -0.1) is 32.9 Å². The van der Waals surface area contributed by atoms with Gasteiger partial charge in [0.15, 0.2) is 0 Å². The van der Waals surface area contributed by atoms with E-state index in [0.717, 1.165) is 15.0 Å². The first-order chi connectivity index (χ1) is 9.06. The topological polar surface area (TPSA) is 67.8 Å². The van der Waals surface area contributed by atoms with Crippen molar-refractivity contribution in [3.63, 3.8) is 0 Å². The fourth-order valence-electron chi connectivity index (χ4n) is 1.47. The highest BCUT2D eigenvalue weighted by Gasteiger charge is 2.12. The summed E-state index contributed by atoms with van der Waals surface area (Å²) in [5, 5.41) is 15.5. The Balaban J connectivity index is 1.83. The summed E-state index contributed by atoms with van der Waals surface area (Å²) >= 11 is 3.08. The summed E-state index contributed by atoms with van der Waals surface area (Å²) in [7, 11) is 0. The van der Waals surface area contributed by atoms with E-state index in [4.69, 9.17) is 0 Å². The number of nitrogens with one attached hydrogen (secondary N) is 1. The maximum Gasteiger partial charge on any atom is 0.270 e. The largest absolute Gasteiger partial charge is 0.350 e. The molecule has 2 rings (SSSR count). The third-order valence-electron chi connectivity index (χ3n) is 2.44. The van der Waals surface area contributed by atoms with Gasteiger partial charge in [-0.2, -0.15) is 0 Å². The molecule has 102 valence electrons. The van der Waals surface area contributed by atoms with E-state index in [1.54, 1.807) is 16.7 Å². The SMILES string of the molecule is Cc1nnc(CCNC(=O)c2csc(C(C)C)n2)s1. The molecule has 1 N–H and O–H groups in total. The van der Waals surface area contributed by atoms with Crippen LogP contribution in [0.5, 0.6) is 0 Å². The van der Waals surface area contributed by atoms with Crippen molar-refractivity contribution < 1.29 is 4.79 Å². The molecule has 2 aromatic heterocycles. The lowest BCUT2D eigenvalue weighted by Gasteiger charge is -2.01. The summed E-state index contributed by atoms with van der Waals surface area (Å²) < 4.78 is 0. The highest BCUT2D eigenvalue weighted by atomic mass is 32.1. The molecule has 0 aliphatic carbocycles. The summed E-state index contributed by atoms with van der Waals surface area (Å²) in [6.07, 6.45) is 0.707. The minimum absolute atomic E-state index is 0.121. The van der Waals surface area contributed by atoms with Crippen molar-refractivity contribution in [2.24, 2.45) is 0 Å². The summed E-state index contributed by atoms with van der Waals surface area (Å²) in [5.74, 6) is 0.236. The number of thiazole rings is 1. The maximum atomic E-state index is 11.9. The fourth-order valence-corrected chi connectivity index (χ4v) is 2.99. The molecule has 0 aliphatic rings. The fraction of sp³-hybridized carbons (Fsp3) is 0.500. The molecule has 2 aromatic rings. The molecule has 0 spiro atoms. The molecule has 2 heterocycles. The Morgan fingerprint density at radius 2 is 2.21 bits per heavy atom. The van der Waals surface area contributed by atoms with Gasteiger partial charge in [-0.05, 0) is 6.92 Å². The minimum atomic E-state index is -0.121. The molecule has 0 atom stereocenters. The van der Waals surface area contributed by atoms with Crippen LogP contribution in [0.1, 0.15) is 45.3 Å². The van der Waals surface area contributed by atoms with Crippen LogP contribution < -0.4 is 5.32 Å². The molecular weight excluding hydrogens is 280 g/mol. The standard InChI is InChI=1S/C12H16N4OS2/c1-7(2)12-14-9(6-18-12)11(17)13-5-4-10-16-15-8(3)19-10/h6-7H,4-5H2,1-3H3,(H,13,17). The van der Waals surface area contributed by atoms with E-state index in [-0.39, 0.29) is 5.91 Å². The Bertz CT molecular complexity index is 562. The number of nitrogens with zero attached hydrogens (tertiary/aromatic N) is 3. The van der Waals surface area contributed by atoms with Crippen molar-refractivity contribution in [3.8, 4) is 0 Å². The second-order valence-electron chi connectivity index (χ2n) is 4.45. The molecule has 0 unspecified atom stereocenters. The smallest absolute Gasteiger partial charge is 0.270 e. The lowest BCUT2D eigenvalue weighted by molar-refractivity contribution is 0.0949. The first-order valence-electron chi connectivity index (χ1n) is 6.09. The lowest BCUT2D eigenvalue weighted by atomic mass is 10.2. The zero-order valence-corrected chi connectivity index (χ0v) is 12.8. The van der Waals surface area contributed by atoms with Gasteiger partial charge in [-0.3, -0.25) is 4.79 Å². The van der Waals surface area contributed by atoms with E-state index in [1.807, 2.05) is 6.92 Å². The van der Waals surface area contributed by atoms with E-state index in [9.17, 15) is 4.79 Å². The summed E-state index contributed by atoms with van der Waals surface area (Å²) in [6, 6.07) is 0. The Hall–Kier alpha value is -1.34. The van der Waals surface area contributed by atoms with Gasteiger partial charge < -0.3 is 5.32 Å². The predicted molar refractivity (Wildman–Crippen MR) is 76.9 cm³/mol. The Morgan fingerprint density at radius 1 is 1.42 bits per heavy atom. The van der Waals surface area contributed by atoms with Crippen LogP contribution in [0.15, 0.2) is 5.38 Å². The van der Waals surface area contributed by atoms with Crippen molar-refractivity contribution in [1.29, 1.82) is 0 Å². The van der Waals surface area contributed by atoms with Crippen molar-refractivity contribution in [3.05, 3.63) is 26.1 Å². The number of carbonyl (C=O) groups is 1. The van der Waals surface area contributed by atoms with E-state index in [0.29, 0.717) is 24.6 Å². The summed E-state index contributed by atoms with van der Waals surface area (Å²) in [4.78, 5) is 16.2.